The molecule has 1 atom stereocenters. The van der Waals surface area contributed by atoms with Crippen molar-refractivity contribution in [3.05, 3.63) is 24.5 Å². The van der Waals surface area contributed by atoms with E-state index < -0.39 is 6.10 Å². The number of rotatable bonds is 4. The standard InChI is InChI=1S/C10H15N3O2.2ClH/c1-13(8-4-3-5-12-7-8)10(14)9(6-11)15-2;;/h3-5,7,9H,6,11H2,1-2H3;2*1H. The van der Waals surface area contributed by atoms with Crippen LogP contribution in [-0.2, 0) is 9.53 Å². The Balaban J connectivity index is 0. The topological polar surface area (TPSA) is 68.5 Å². The van der Waals surface area contributed by atoms with Crippen molar-refractivity contribution in [1.82, 2.24) is 4.98 Å². The van der Waals surface area contributed by atoms with Gasteiger partial charge in [0.05, 0.1) is 11.9 Å². The van der Waals surface area contributed by atoms with Gasteiger partial charge in [-0.3, -0.25) is 9.78 Å². The minimum absolute atomic E-state index is 0. The highest BCUT2D eigenvalue weighted by atomic mass is 35.5. The van der Waals surface area contributed by atoms with Crippen molar-refractivity contribution in [2.75, 3.05) is 25.6 Å². The van der Waals surface area contributed by atoms with Gasteiger partial charge < -0.3 is 15.4 Å². The third-order valence-electron chi connectivity index (χ3n) is 2.14. The molecule has 1 heterocycles. The summed E-state index contributed by atoms with van der Waals surface area (Å²) in [5.41, 5.74) is 6.13. The maximum Gasteiger partial charge on any atom is 0.257 e. The van der Waals surface area contributed by atoms with Crippen molar-refractivity contribution in [1.29, 1.82) is 0 Å². The predicted octanol–water partition coefficient (Wildman–Crippen LogP) is 0.862. The second-order valence-electron chi connectivity index (χ2n) is 3.07. The maximum absolute atomic E-state index is 11.8. The van der Waals surface area contributed by atoms with E-state index in [4.69, 9.17) is 10.5 Å². The van der Waals surface area contributed by atoms with Crippen LogP contribution in [0.25, 0.3) is 0 Å². The van der Waals surface area contributed by atoms with Crippen LogP contribution in [0.1, 0.15) is 0 Å². The Kier molecular flexibility index (Phi) is 9.98. The smallest absolute Gasteiger partial charge is 0.257 e. The summed E-state index contributed by atoms with van der Waals surface area (Å²) in [5, 5.41) is 0. The van der Waals surface area contributed by atoms with Gasteiger partial charge in [-0.05, 0) is 12.1 Å². The largest absolute Gasteiger partial charge is 0.370 e. The van der Waals surface area contributed by atoms with Gasteiger partial charge in [-0.15, -0.1) is 24.8 Å². The molecule has 98 valence electrons. The number of anilines is 1. The molecule has 17 heavy (non-hydrogen) atoms. The minimum atomic E-state index is -0.602. The Labute approximate surface area is 113 Å². The Morgan fingerprint density at radius 2 is 2.24 bits per heavy atom. The summed E-state index contributed by atoms with van der Waals surface area (Å²) >= 11 is 0. The second kappa shape index (κ2) is 9.18. The number of carbonyl (C=O) groups is 1. The van der Waals surface area contributed by atoms with E-state index in [-0.39, 0.29) is 37.3 Å². The lowest BCUT2D eigenvalue weighted by atomic mass is 10.3. The van der Waals surface area contributed by atoms with Crippen LogP contribution in [0.15, 0.2) is 24.5 Å². The monoisotopic (exact) mass is 281 g/mol. The lowest BCUT2D eigenvalue weighted by Crippen LogP contribution is -2.41. The fourth-order valence-corrected chi connectivity index (χ4v) is 1.19. The van der Waals surface area contributed by atoms with E-state index in [0.29, 0.717) is 0 Å². The molecule has 5 nitrogen and oxygen atoms in total. The van der Waals surface area contributed by atoms with Crippen LogP contribution in [-0.4, -0.2) is 37.7 Å². The summed E-state index contributed by atoms with van der Waals surface area (Å²) in [6.45, 7) is 0.167. The van der Waals surface area contributed by atoms with Crippen molar-refractivity contribution in [2.24, 2.45) is 5.73 Å². The van der Waals surface area contributed by atoms with E-state index in [2.05, 4.69) is 4.98 Å². The van der Waals surface area contributed by atoms with E-state index in [0.717, 1.165) is 5.69 Å². The van der Waals surface area contributed by atoms with Gasteiger partial charge in [0, 0.05) is 26.9 Å². The van der Waals surface area contributed by atoms with Crippen molar-refractivity contribution in [3.63, 3.8) is 0 Å². The molecule has 1 amide bonds. The highest BCUT2D eigenvalue weighted by Gasteiger charge is 2.20. The quantitative estimate of drug-likeness (QED) is 0.889. The Hall–Kier alpha value is -0.880. The molecule has 0 saturated carbocycles. The van der Waals surface area contributed by atoms with Crippen LogP contribution in [0.2, 0.25) is 0 Å². The molecule has 2 N–H and O–H groups in total. The molecular formula is C10H17Cl2N3O2. The van der Waals surface area contributed by atoms with E-state index in [9.17, 15) is 4.79 Å². The zero-order valence-corrected chi connectivity index (χ0v) is 11.3. The highest BCUT2D eigenvalue weighted by Crippen LogP contribution is 2.10. The summed E-state index contributed by atoms with van der Waals surface area (Å²) < 4.78 is 4.97. The number of likely N-dealkylation sites (N-methyl/N-ethyl adjacent to an activating group) is 1. The van der Waals surface area contributed by atoms with Crippen LogP contribution in [0, 0.1) is 0 Å². The number of ether oxygens (including phenoxy) is 1. The van der Waals surface area contributed by atoms with Gasteiger partial charge in [0.2, 0.25) is 0 Å². The summed E-state index contributed by atoms with van der Waals surface area (Å²) in [6.07, 6.45) is 2.66. The van der Waals surface area contributed by atoms with Gasteiger partial charge in [0.1, 0.15) is 6.10 Å². The molecule has 1 aromatic heterocycles. The number of amides is 1. The van der Waals surface area contributed by atoms with E-state index in [1.54, 1.807) is 31.6 Å². The van der Waals surface area contributed by atoms with Gasteiger partial charge in [0.25, 0.3) is 5.91 Å². The molecule has 1 aromatic rings. The van der Waals surface area contributed by atoms with Crippen LogP contribution in [0.3, 0.4) is 0 Å². The molecule has 0 aliphatic heterocycles. The van der Waals surface area contributed by atoms with E-state index >= 15 is 0 Å². The average molecular weight is 282 g/mol. The fraction of sp³-hybridized carbons (Fsp3) is 0.400. The zero-order chi connectivity index (χ0) is 11.3. The van der Waals surface area contributed by atoms with Crippen LogP contribution in [0.5, 0.6) is 0 Å². The Morgan fingerprint density at radius 3 is 2.65 bits per heavy atom. The maximum atomic E-state index is 11.8. The first-order valence-corrected chi connectivity index (χ1v) is 4.61. The number of methoxy groups -OCH3 is 1. The number of halogens is 2. The van der Waals surface area contributed by atoms with E-state index in [1.807, 2.05) is 0 Å². The molecule has 0 aliphatic carbocycles. The third-order valence-corrected chi connectivity index (χ3v) is 2.14. The molecule has 0 saturated heterocycles. The number of nitrogens with zero attached hydrogens (tertiary/aromatic N) is 2. The van der Waals surface area contributed by atoms with Crippen molar-refractivity contribution >= 4 is 36.4 Å². The molecule has 1 unspecified atom stereocenters. The van der Waals surface area contributed by atoms with Crippen molar-refractivity contribution in [3.8, 4) is 0 Å². The van der Waals surface area contributed by atoms with Gasteiger partial charge in [0.15, 0.2) is 0 Å². The zero-order valence-electron chi connectivity index (χ0n) is 9.70. The molecule has 0 fully saturated rings. The number of hydrogen-bond donors (Lipinski definition) is 1. The minimum Gasteiger partial charge on any atom is -0.370 e. The molecule has 0 radical (unpaired) electrons. The molecule has 0 bridgehead atoms. The Bertz CT molecular complexity index is 321. The first-order valence-electron chi connectivity index (χ1n) is 4.61. The van der Waals surface area contributed by atoms with Gasteiger partial charge in [-0.25, -0.2) is 0 Å². The molecule has 7 heteroatoms. The Morgan fingerprint density at radius 1 is 1.59 bits per heavy atom. The third kappa shape index (κ3) is 4.87. The number of nitrogens with two attached hydrogens (primary N) is 1. The first-order chi connectivity index (χ1) is 7.20. The van der Waals surface area contributed by atoms with Gasteiger partial charge >= 0.3 is 0 Å². The second-order valence-corrected chi connectivity index (χ2v) is 3.07. The van der Waals surface area contributed by atoms with Crippen LogP contribution in [0.4, 0.5) is 5.69 Å². The first kappa shape index (κ1) is 18.5. The molecule has 0 spiro atoms. The predicted molar refractivity (Wildman–Crippen MR) is 72.0 cm³/mol. The average Bonchev–Trinajstić information content (AvgIpc) is 2.30. The molecule has 0 aromatic carbocycles. The molecule has 1 rings (SSSR count). The van der Waals surface area contributed by atoms with Gasteiger partial charge in [-0.2, -0.15) is 0 Å². The SMILES string of the molecule is COC(CN)C(=O)N(C)c1cccnc1.Cl.Cl. The van der Waals surface area contributed by atoms with E-state index in [1.165, 1.54) is 12.0 Å². The summed E-state index contributed by atoms with van der Waals surface area (Å²) in [5.74, 6) is -0.173. The lowest BCUT2D eigenvalue weighted by molar-refractivity contribution is -0.127. The summed E-state index contributed by atoms with van der Waals surface area (Å²) in [6, 6.07) is 3.57. The van der Waals surface area contributed by atoms with Gasteiger partial charge in [-0.1, -0.05) is 0 Å². The molecule has 0 aliphatic rings. The van der Waals surface area contributed by atoms with Crippen molar-refractivity contribution < 1.29 is 9.53 Å². The van der Waals surface area contributed by atoms with Crippen LogP contribution < -0.4 is 10.6 Å². The highest BCUT2D eigenvalue weighted by molar-refractivity contribution is 5.96. The number of aromatic nitrogens is 1. The van der Waals surface area contributed by atoms with Crippen LogP contribution >= 0.6 is 24.8 Å². The van der Waals surface area contributed by atoms with Crippen molar-refractivity contribution in [2.45, 2.75) is 6.10 Å². The number of pyridine rings is 1. The summed E-state index contributed by atoms with van der Waals surface area (Å²) in [4.78, 5) is 17.2. The normalized spacial score (nSPS) is 10.8. The number of hydrogen-bond acceptors (Lipinski definition) is 4. The fourth-order valence-electron chi connectivity index (χ4n) is 1.19. The summed E-state index contributed by atoms with van der Waals surface area (Å²) in [7, 11) is 3.13. The lowest BCUT2D eigenvalue weighted by Gasteiger charge is -2.21. The number of carbonyl (C=O) groups excluding carboxylic acids is 1. The molecular weight excluding hydrogens is 265 g/mol.